The van der Waals surface area contributed by atoms with Crippen LogP contribution in [0.3, 0.4) is 0 Å². The molecule has 2 amide bonds. The van der Waals surface area contributed by atoms with Gasteiger partial charge in [0.15, 0.2) is 0 Å². The van der Waals surface area contributed by atoms with Crippen molar-refractivity contribution in [2.45, 2.75) is 25.8 Å². The second-order valence-corrected chi connectivity index (χ2v) is 8.46. The first-order chi connectivity index (χ1) is 16.5. The first-order valence-electron chi connectivity index (χ1n) is 11.4. The maximum absolute atomic E-state index is 12.7. The number of aromatic nitrogens is 3. The Morgan fingerprint density at radius 1 is 1.15 bits per heavy atom. The minimum atomic E-state index is -0.0837. The van der Waals surface area contributed by atoms with Gasteiger partial charge in [0.1, 0.15) is 11.6 Å². The molecular weight excluding hydrogens is 430 g/mol. The van der Waals surface area contributed by atoms with Crippen LogP contribution in [0.4, 0.5) is 11.5 Å². The van der Waals surface area contributed by atoms with Gasteiger partial charge in [0.05, 0.1) is 19.3 Å². The third-order valence-corrected chi connectivity index (χ3v) is 6.21. The van der Waals surface area contributed by atoms with Crippen LogP contribution in [-0.4, -0.2) is 39.8 Å². The molecule has 2 aromatic heterocycles. The number of methoxy groups -OCH3 is 1. The van der Waals surface area contributed by atoms with Crippen LogP contribution in [-0.2, 0) is 23.2 Å². The number of benzene rings is 2. The van der Waals surface area contributed by atoms with Gasteiger partial charge in [0.25, 0.3) is 0 Å². The van der Waals surface area contributed by atoms with Gasteiger partial charge in [-0.05, 0) is 36.8 Å². The summed E-state index contributed by atoms with van der Waals surface area (Å²) in [7, 11) is 3.63. The smallest absolute Gasteiger partial charge is 0.229 e. The molecule has 1 aliphatic heterocycles. The number of para-hydroxylation sites is 1. The van der Waals surface area contributed by atoms with Crippen LogP contribution in [0, 0.1) is 0 Å². The Hall–Kier alpha value is -4.07. The number of nitrogens with one attached hydrogen (secondary N) is 1. The zero-order valence-electron chi connectivity index (χ0n) is 19.3. The summed E-state index contributed by atoms with van der Waals surface area (Å²) >= 11 is 0. The molecule has 0 unspecified atom stereocenters. The Labute approximate surface area is 197 Å². The molecule has 1 N–H and O–H groups in total. The van der Waals surface area contributed by atoms with Crippen molar-refractivity contribution < 1.29 is 14.3 Å². The highest BCUT2D eigenvalue weighted by molar-refractivity contribution is 5.98. The van der Waals surface area contributed by atoms with E-state index in [1.807, 2.05) is 29.9 Å². The highest BCUT2D eigenvalue weighted by Crippen LogP contribution is 2.33. The fraction of sp³-hybridized carbons (Fsp3) is 0.269. The summed E-state index contributed by atoms with van der Waals surface area (Å²) in [6, 6.07) is 17.4. The Morgan fingerprint density at radius 2 is 1.94 bits per heavy atom. The minimum absolute atomic E-state index is 0.0624. The van der Waals surface area contributed by atoms with E-state index >= 15 is 0 Å². The first kappa shape index (κ1) is 21.8. The molecule has 174 valence electrons. The van der Waals surface area contributed by atoms with Crippen molar-refractivity contribution in [3.63, 3.8) is 0 Å². The lowest BCUT2D eigenvalue weighted by atomic mass is 10.1. The third kappa shape index (κ3) is 4.14. The second kappa shape index (κ2) is 9.05. The number of anilines is 2. The number of hydrogen-bond donors (Lipinski definition) is 1. The molecule has 4 aromatic rings. The summed E-state index contributed by atoms with van der Waals surface area (Å²) in [5.41, 5.74) is 3.76. The number of amides is 2. The van der Waals surface area contributed by atoms with Crippen molar-refractivity contribution in [3.8, 4) is 17.0 Å². The van der Waals surface area contributed by atoms with Crippen molar-refractivity contribution in [2.24, 2.45) is 7.05 Å². The van der Waals surface area contributed by atoms with E-state index in [1.54, 1.807) is 36.3 Å². The fourth-order valence-electron chi connectivity index (χ4n) is 4.47. The molecule has 0 fully saturated rings. The highest BCUT2D eigenvalue weighted by Gasteiger charge is 2.27. The van der Waals surface area contributed by atoms with Crippen molar-refractivity contribution in [3.05, 3.63) is 60.8 Å². The second-order valence-electron chi connectivity index (χ2n) is 8.46. The summed E-state index contributed by atoms with van der Waals surface area (Å²) in [5, 5.41) is 8.82. The van der Waals surface area contributed by atoms with Gasteiger partial charge in [-0.15, -0.1) is 0 Å². The summed E-state index contributed by atoms with van der Waals surface area (Å²) < 4.78 is 9.13. The van der Waals surface area contributed by atoms with Gasteiger partial charge in [-0.25, -0.2) is 4.68 Å². The van der Waals surface area contributed by atoms with Crippen LogP contribution in [0.2, 0.25) is 0 Å². The summed E-state index contributed by atoms with van der Waals surface area (Å²) in [4.78, 5) is 26.9. The normalized spacial score (nSPS) is 13.2. The quantitative estimate of drug-likeness (QED) is 0.451. The SMILES string of the molecule is COc1ccc(NC(=O)CCCN2C(=O)CCn3nc(-c4cn(C)c5ccccc45)cc32)cc1. The Balaban J connectivity index is 1.28. The van der Waals surface area contributed by atoms with Gasteiger partial charge in [0, 0.05) is 60.9 Å². The van der Waals surface area contributed by atoms with Crippen molar-refractivity contribution in [1.29, 1.82) is 0 Å². The molecule has 0 spiro atoms. The maximum atomic E-state index is 12.7. The summed E-state index contributed by atoms with van der Waals surface area (Å²) in [6.07, 6.45) is 3.36. The van der Waals surface area contributed by atoms with E-state index in [-0.39, 0.29) is 11.8 Å². The largest absolute Gasteiger partial charge is 0.497 e. The van der Waals surface area contributed by atoms with Crippen LogP contribution in [0.15, 0.2) is 60.8 Å². The molecule has 0 atom stereocenters. The van der Waals surface area contributed by atoms with Gasteiger partial charge in [-0.2, -0.15) is 5.10 Å². The summed E-state index contributed by atoms with van der Waals surface area (Å²) in [5.74, 6) is 1.50. The van der Waals surface area contributed by atoms with E-state index in [4.69, 9.17) is 9.84 Å². The van der Waals surface area contributed by atoms with Gasteiger partial charge < -0.3 is 14.6 Å². The number of carbonyl (C=O) groups is 2. The lowest BCUT2D eigenvalue weighted by Gasteiger charge is -2.27. The molecule has 0 saturated heterocycles. The molecule has 0 saturated carbocycles. The van der Waals surface area contributed by atoms with Crippen LogP contribution >= 0.6 is 0 Å². The van der Waals surface area contributed by atoms with Gasteiger partial charge in [0.2, 0.25) is 11.8 Å². The molecule has 0 bridgehead atoms. The molecule has 2 aromatic carbocycles. The lowest BCUT2D eigenvalue weighted by Crippen LogP contribution is -2.38. The zero-order chi connectivity index (χ0) is 23.7. The van der Waals surface area contributed by atoms with Crippen molar-refractivity contribution >= 4 is 34.2 Å². The fourth-order valence-corrected chi connectivity index (χ4v) is 4.47. The molecule has 5 rings (SSSR count). The predicted octanol–water partition coefficient (Wildman–Crippen LogP) is 4.21. The van der Waals surface area contributed by atoms with E-state index in [2.05, 4.69) is 28.2 Å². The predicted molar refractivity (Wildman–Crippen MR) is 132 cm³/mol. The van der Waals surface area contributed by atoms with Crippen LogP contribution < -0.4 is 15.0 Å². The van der Waals surface area contributed by atoms with Gasteiger partial charge >= 0.3 is 0 Å². The van der Waals surface area contributed by atoms with Crippen LogP contribution in [0.25, 0.3) is 22.2 Å². The molecule has 8 heteroatoms. The van der Waals surface area contributed by atoms with E-state index in [1.165, 1.54) is 0 Å². The van der Waals surface area contributed by atoms with Gasteiger partial charge in [-0.1, -0.05) is 18.2 Å². The highest BCUT2D eigenvalue weighted by atomic mass is 16.5. The Bertz CT molecular complexity index is 1350. The molecular formula is C26H27N5O3. The first-order valence-corrected chi connectivity index (χ1v) is 11.4. The number of aryl methyl sites for hydroxylation is 2. The minimum Gasteiger partial charge on any atom is -0.497 e. The monoisotopic (exact) mass is 457 g/mol. The van der Waals surface area contributed by atoms with Gasteiger partial charge in [-0.3, -0.25) is 14.5 Å². The summed E-state index contributed by atoms with van der Waals surface area (Å²) in [6.45, 7) is 1.03. The number of nitrogens with zero attached hydrogens (tertiary/aromatic N) is 4. The average molecular weight is 458 g/mol. The Morgan fingerprint density at radius 3 is 2.74 bits per heavy atom. The lowest BCUT2D eigenvalue weighted by molar-refractivity contribution is -0.120. The number of rotatable bonds is 7. The maximum Gasteiger partial charge on any atom is 0.229 e. The topological polar surface area (TPSA) is 81.4 Å². The van der Waals surface area contributed by atoms with E-state index in [9.17, 15) is 9.59 Å². The van der Waals surface area contributed by atoms with Crippen molar-refractivity contribution in [2.75, 3.05) is 23.9 Å². The number of hydrogen-bond acceptors (Lipinski definition) is 4. The molecule has 34 heavy (non-hydrogen) atoms. The average Bonchev–Trinajstić information content (AvgIpc) is 3.42. The van der Waals surface area contributed by atoms with E-state index in [0.29, 0.717) is 32.4 Å². The van der Waals surface area contributed by atoms with Crippen LogP contribution in [0.5, 0.6) is 5.75 Å². The number of ether oxygens (including phenoxy) is 1. The van der Waals surface area contributed by atoms with Crippen molar-refractivity contribution in [1.82, 2.24) is 14.3 Å². The van der Waals surface area contributed by atoms with E-state index < -0.39 is 0 Å². The molecule has 0 aliphatic carbocycles. The zero-order valence-corrected chi connectivity index (χ0v) is 19.3. The molecule has 8 nitrogen and oxygen atoms in total. The van der Waals surface area contributed by atoms with E-state index in [0.717, 1.165) is 39.4 Å². The standard InChI is InChI=1S/C26H27N5O3/c1-29-17-21(20-6-3-4-7-23(20)29)22-16-25-30(26(33)13-15-31(25)28-22)14-5-8-24(32)27-18-9-11-19(34-2)12-10-18/h3-4,6-7,9-12,16-17H,5,8,13-15H2,1-2H3,(H,27,32). The number of carbonyl (C=O) groups excluding carboxylic acids is 2. The molecule has 0 radical (unpaired) electrons. The van der Waals surface area contributed by atoms with Crippen LogP contribution in [0.1, 0.15) is 19.3 Å². The molecule has 1 aliphatic rings. The molecule has 3 heterocycles. The Kier molecular flexibility index (Phi) is 5.79. The third-order valence-electron chi connectivity index (χ3n) is 6.21. The number of fused-ring (bicyclic) bond motifs is 2.